The summed E-state index contributed by atoms with van der Waals surface area (Å²) in [5.74, 6) is -0.357. The Morgan fingerprint density at radius 2 is 1.95 bits per heavy atom. The summed E-state index contributed by atoms with van der Waals surface area (Å²) >= 11 is 5.73. The van der Waals surface area contributed by atoms with Gasteiger partial charge in [0.05, 0.1) is 5.02 Å². The van der Waals surface area contributed by atoms with E-state index in [1.807, 2.05) is 18.2 Å². The molecule has 0 saturated carbocycles. The van der Waals surface area contributed by atoms with Gasteiger partial charge in [0, 0.05) is 6.04 Å². The SMILES string of the molecule is CCNC(Cc1ccc(Cl)c(F)c1)c1ccccc1C. The third kappa shape index (κ3) is 3.59. The molecule has 2 aromatic rings. The van der Waals surface area contributed by atoms with E-state index in [0.717, 1.165) is 18.5 Å². The summed E-state index contributed by atoms with van der Waals surface area (Å²) in [5, 5.41) is 3.64. The van der Waals surface area contributed by atoms with Crippen LogP contribution in [0.15, 0.2) is 42.5 Å². The molecule has 20 heavy (non-hydrogen) atoms. The predicted octanol–water partition coefficient (Wildman–Crippen LogP) is 4.68. The molecular formula is C17H19ClFN. The molecule has 0 fully saturated rings. The normalized spacial score (nSPS) is 12.4. The summed E-state index contributed by atoms with van der Waals surface area (Å²) in [4.78, 5) is 0. The highest BCUT2D eigenvalue weighted by Gasteiger charge is 2.14. The van der Waals surface area contributed by atoms with Gasteiger partial charge in [-0.25, -0.2) is 4.39 Å². The molecule has 0 aliphatic heterocycles. The van der Waals surface area contributed by atoms with Crippen molar-refractivity contribution in [3.8, 4) is 0 Å². The van der Waals surface area contributed by atoms with Crippen molar-refractivity contribution >= 4 is 11.6 Å². The second-order valence-electron chi connectivity index (χ2n) is 4.92. The van der Waals surface area contributed by atoms with E-state index in [9.17, 15) is 4.39 Å². The quantitative estimate of drug-likeness (QED) is 0.843. The lowest BCUT2D eigenvalue weighted by molar-refractivity contribution is 0.544. The molecule has 0 amide bonds. The van der Waals surface area contributed by atoms with E-state index >= 15 is 0 Å². The first kappa shape index (κ1) is 15.0. The molecule has 1 atom stereocenters. The molecule has 1 unspecified atom stereocenters. The smallest absolute Gasteiger partial charge is 0.142 e. The number of aryl methyl sites for hydroxylation is 1. The lowest BCUT2D eigenvalue weighted by Crippen LogP contribution is -2.23. The first-order chi connectivity index (χ1) is 9.61. The lowest BCUT2D eigenvalue weighted by atomic mass is 9.95. The maximum atomic E-state index is 13.5. The minimum Gasteiger partial charge on any atom is -0.310 e. The van der Waals surface area contributed by atoms with Crippen molar-refractivity contribution in [2.45, 2.75) is 26.3 Å². The first-order valence-corrected chi connectivity index (χ1v) is 7.22. The molecule has 0 aliphatic carbocycles. The fourth-order valence-electron chi connectivity index (χ4n) is 2.42. The summed E-state index contributed by atoms with van der Waals surface area (Å²) in [5.41, 5.74) is 3.44. The molecule has 0 aliphatic rings. The number of halogens is 2. The van der Waals surface area contributed by atoms with Gasteiger partial charge < -0.3 is 5.32 Å². The van der Waals surface area contributed by atoms with Crippen LogP contribution >= 0.6 is 11.6 Å². The predicted molar refractivity (Wildman–Crippen MR) is 82.7 cm³/mol. The van der Waals surface area contributed by atoms with Crippen LogP contribution in [0, 0.1) is 12.7 Å². The van der Waals surface area contributed by atoms with Gasteiger partial charge in [0.2, 0.25) is 0 Å². The topological polar surface area (TPSA) is 12.0 Å². The molecule has 1 N–H and O–H groups in total. The molecule has 0 aromatic heterocycles. The van der Waals surface area contributed by atoms with E-state index in [4.69, 9.17) is 11.6 Å². The number of hydrogen-bond donors (Lipinski definition) is 1. The molecular weight excluding hydrogens is 273 g/mol. The maximum Gasteiger partial charge on any atom is 0.142 e. The summed E-state index contributed by atoms with van der Waals surface area (Å²) < 4.78 is 13.5. The van der Waals surface area contributed by atoms with Crippen molar-refractivity contribution in [2.75, 3.05) is 6.54 Å². The molecule has 0 radical (unpaired) electrons. The van der Waals surface area contributed by atoms with E-state index in [-0.39, 0.29) is 16.9 Å². The van der Waals surface area contributed by atoms with Gasteiger partial charge in [-0.15, -0.1) is 0 Å². The highest BCUT2D eigenvalue weighted by atomic mass is 35.5. The fourth-order valence-corrected chi connectivity index (χ4v) is 2.54. The Morgan fingerprint density at radius 1 is 1.20 bits per heavy atom. The molecule has 1 nitrogen and oxygen atoms in total. The Bertz CT molecular complexity index is 583. The zero-order valence-electron chi connectivity index (χ0n) is 11.8. The van der Waals surface area contributed by atoms with Gasteiger partial charge in [-0.2, -0.15) is 0 Å². The third-order valence-electron chi connectivity index (χ3n) is 3.44. The standard InChI is InChI=1S/C17H19ClFN/c1-3-20-17(14-7-5-4-6-12(14)2)11-13-8-9-15(18)16(19)10-13/h4-10,17,20H,3,11H2,1-2H3. The summed E-state index contributed by atoms with van der Waals surface area (Å²) in [6.07, 6.45) is 0.743. The van der Waals surface area contributed by atoms with Crippen molar-refractivity contribution in [1.82, 2.24) is 5.32 Å². The van der Waals surface area contributed by atoms with Gasteiger partial charge in [-0.1, -0.05) is 48.9 Å². The summed E-state index contributed by atoms with van der Waals surface area (Å²) in [7, 11) is 0. The van der Waals surface area contributed by atoms with E-state index in [1.165, 1.54) is 17.2 Å². The van der Waals surface area contributed by atoms with Crippen molar-refractivity contribution in [3.05, 3.63) is 70.0 Å². The van der Waals surface area contributed by atoms with Gasteiger partial charge >= 0.3 is 0 Å². The highest BCUT2D eigenvalue weighted by Crippen LogP contribution is 2.23. The van der Waals surface area contributed by atoms with Gasteiger partial charge in [0.25, 0.3) is 0 Å². The van der Waals surface area contributed by atoms with Crippen molar-refractivity contribution in [2.24, 2.45) is 0 Å². The Kier molecular flexibility index (Phi) is 5.16. The monoisotopic (exact) mass is 291 g/mol. The molecule has 2 aromatic carbocycles. The van der Waals surface area contributed by atoms with Crippen LogP contribution in [0.25, 0.3) is 0 Å². The number of rotatable bonds is 5. The summed E-state index contributed by atoms with van der Waals surface area (Å²) in [6, 6.07) is 13.5. The van der Waals surface area contributed by atoms with Crippen LogP contribution in [0.2, 0.25) is 5.02 Å². The molecule has 2 rings (SSSR count). The van der Waals surface area contributed by atoms with E-state index < -0.39 is 0 Å². The molecule has 3 heteroatoms. The molecule has 0 saturated heterocycles. The van der Waals surface area contributed by atoms with E-state index in [0.29, 0.717) is 0 Å². The minimum atomic E-state index is -0.357. The van der Waals surface area contributed by atoms with Crippen LogP contribution in [0.1, 0.15) is 29.7 Å². The summed E-state index contributed by atoms with van der Waals surface area (Å²) in [6.45, 7) is 5.05. The van der Waals surface area contributed by atoms with Gasteiger partial charge in [-0.3, -0.25) is 0 Å². The number of hydrogen-bond acceptors (Lipinski definition) is 1. The first-order valence-electron chi connectivity index (χ1n) is 6.84. The maximum absolute atomic E-state index is 13.5. The number of benzene rings is 2. The van der Waals surface area contributed by atoms with Crippen molar-refractivity contribution in [1.29, 1.82) is 0 Å². The van der Waals surface area contributed by atoms with Crippen LogP contribution in [-0.2, 0) is 6.42 Å². The van der Waals surface area contributed by atoms with Crippen LogP contribution in [0.5, 0.6) is 0 Å². The van der Waals surface area contributed by atoms with Gasteiger partial charge in [0.1, 0.15) is 5.82 Å². The Morgan fingerprint density at radius 3 is 2.60 bits per heavy atom. The van der Waals surface area contributed by atoms with Gasteiger partial charge in [0.15, 0.2) is 0 Å². The second-order valence-corrected chi connectivity index (χ2v) is 5.33. The number of nitrogens with one attached hydrogen (secondary N) is 1. The Labute approximate surface area is 124 Å². The highest BCUT2D eigenvalue weighted by molar-refractivity contribution is 6.30. The zero-order valence-corrected chi connectivity index (χ0v) is 12.5. The van der Waals surface area contributed by atoms with Gasteiger partial charge in [-0.05, 0) is 48.7 Å². The van der Waals surface area contributed by atoms with Crippen molar-refractivity contribution < 1.29 is 4.39 Å². The Hall–Kier alpha value is -1.38. The lowest BCUT2D eigenvalue weighted by Gasteiger charge is -2.20. The van der Waals surface area contributed by atoms with E-state index in [1.54, 1.807) is 6.07 Å². The number of likely N-dealkylation sites (N-methyl/N-ethyl adjacent to an activating group) is 1. The molecule has 0 bridgehead atoms. The van der Waals surface area contributed by atoms with Crippen LogP contribution in [-0.4, -0.2) is 6.54 Å². The third-order valence-corrected chi connectivity index (χ3v) is 3.74. The van der Waals surface area contributed by atoms with Crippen molar-refractivity contribution in [3.63, 3.8) is 0 Å². The average molecular weight is 292 g/mol. The van der Waals surface area contributed by atoms with Crippen LogP contribution in [0.3, 0.4) is 0 Å². The minimum absolute atomic E-state index is 0.171. The molecule has 0 spiro atoms. The molecule has 106 valence electrons. The second kappa shape index (κ2) is 6.87. The van der Waals surface area contributed by atoms with Crippen LogP contribution in [0.4, 0.5) is 4.39 Å². The average Bonchev–Trinajstić information content (AvgIpc) is 2.43. The molecule has 0 heterocycles. The van der Waals surface area contributed by atoms with Crippen LogP contribution < -0.4 is 5.32 Å². The van der Waals surface area contributed by atoms with E-state index in [2.05, 4.69) is 31.3 Å². The Balaban J connectivity index is 2.25. The zero-order chi connectivity index (χ0) is 14.5. The fraction of sp³-hybridized carbons (Fsp3) is 0.294. The largest absolute Gasteiger partial charge is 0.310 e.